The third kappa shape index (κ3) is 5.50. The molecule has 1 aromatic heterocycles. The molecule has 1 aliphatic heterocycles. The molecule has 0 aliphatic carbocycles. The van der Waals surface area contributed by atoms with Crippen LogP contribution in [0.2, 0.25) is 0 Å². The zero-order chi connectivity index (χ0) is 20.6. The number of benzene rings is 2. The van der Waals surface area contributed by atoms with Crippen molar-refractivity contribution in [2.45, 2.75) is 19.4 Å². The molecule has 0 saturated carbocycles. The Kier molecular flexibility index (Phi) is 6.44. The monoisotopic (exact) mass is 403 g/mol. The number of hydrogen-bond acceptors (Lipinski definition) is 5. The van der Waals surface area contributed by atoms with Crippen molar-refractivity contribution in [3.63, 3.8) is 0 Å². The van der Waals surface area contributed by atoms with E-state index in [1.165, 1.54) is 12.8 Å². The number of nitrogens with zero attached hydrogens (tertiary/aromatic N) is 2. The van der Waals surface area contributed by atoms with Crippen molar-refractivity contribution in [3.05, 3.63) is 78.5 Å². The second-order valence-corrected chi connectivity index (χ2v) is 7.17. The summed E-state index contributed by atoms with van der Waals surface area (Å²) in [6.07, 6.45) is 4.21. The van der Waals surface area contributed by atoms with E-state index in [1.54, 1.807) is 18.3 Å². The van der Waals surface area contributed by atoms with Gasteiger partial charge < -0.3 is 19.7 Å². The minimum atomic E-state index is -0.167. The number of nitrogens with one attached hydrogen (secondary N) is 1. The highest BCUT2D eigenvalue weighted by Crippen LogP contribution is 2.23. The van der Waals surface area contributed by atoms with E-state index in [9.17, 15) is 4.79 Å². The Morgan fingerprint density at radius 2 is 1.63 bits per heavy atom. The van der Waals surface area contributed by atoms with Gasteiger partial charge in [0.05, 0.1) is 0 Å². The van der Waals surface area contributed by atoms with Gasteiger partial charge in [0.2, 0.25) is 0 Å². The van der Waals surface area contributed by atoms with Crippen LogP contribution in [-0.2, 0) is 11.3 Å². The number of pyridine rings is 1. The summed E-state index contributed by atoms with van der Waals surface area (Å²) < 4.78 is 11.3. The van der Waals surface area contributed by atoms with Gasteiger partial charge in [0.1, 0.15) is 23.1 Å². The number of rotatable bonds is 8. The van der Waals surface area contributed by atoms with Crippen LogP contribution in [0.15, 0.2) is 72.9 Å². The smallest absolute Gasteiger partial charge is 0.258 e. The molecule has 0 spiro atoms. The molecule has 0 atom stereocenters. The van der Waals surface area contributed by atoms with Crippen LogP contribution in [-0.4, -0.2) is 30.6 Å². The quantitative estimate of drug-likeness (QED) is 0.612. The van der Waals surface area contributed by atoms with Gasteiger partial charge in [-0.2, -0.15) is 0 Å². The first-order valence-electron chi connectivity index (χ1n) is 10.2. The molecular weight excluding hydrogens is 378 g/mol. The Hall–Kier alpha value is -3.54. The number of aromatic nitrogens is 1. The van der Waals surface area contributed by atoms with Crippen molar-refractivity contribution in [1.82, 2.24) is 10.3 Å². The van der Waals surface area contributed by atoms with Gasteiger partial charge in [0.25, 0.3) is 5.91 Å². The molecule has 3 aromatic rings. The highest BCUT2D eigenvalue weighted by molar-refractivity contribution is 5.77. The summed E-state index contributed by atoms with van der Waals surface area (Å²) in [6.45, 7) is 2.51. The fourth-order valence-corrected chi connectivity index (χ4v) is 3.32. The van der Waals surface area contributed by atoms with Crippen LogP contribution in [0, 0.1) is 0 Å². The van der Waals surface area contributed by atoms with Crippen LogP contribution in [0.5, 0.6) is 17.2 Å². The topological polar surface area (TPSA) is 63.7 Å². The Morgan fingerprint density at radius 1 is 0.933 bits per heavy atom. The van der Waals surface area contributed by atoms with Crippen molar-refractivity contribution in [3.8, 4) is 17.2 Å². The maximum Gasteiger partial charge on any atom is 0.258 e. The summed E-state index contributed by atoms with van der Waals surface area (Å²) >= 11 is 0. The summed E-state index contributed by atoms with van der Waals surface area (Å²) in [5.74, 6) is 2.91. The molecule has 4 rings (SSSR count). The summed E-state index contributed by atoms with van der Waals surface area (Å²) in [6, 6.07) is 20.7. The fourth-order valence-electron chi connectivity index (χ4n) is 3.32. The van der Waals surface area contributed by atoms with E-state index in [4.69, 9.17) is 9.47 Å². The SMILES string of the molecule is O=C(COc1ccc(Oc2ccccc2)cc1)NCc1ccnc(N2CCCC2)c1. The number of para-hydroxylation sites is 1. The van der Waals surface area contributed by atoms with Crippen LogP contribution >= 0.6 is 0 Å². The van der Waals surface area contributed by atoms with Crippen LogP contribution in [0.1, 0.15) is 18.4 Å². The molecule has 2 heterocycles. The van der Waals surface area contributed by atoms with E-state index in [0.29, 0.717) is 18.0 Å². The molecule has 0 unspecified atom stereocenters. The zero-order valence-corrected chi connectivity index (χ0v) is 16.8. The second-order valence-electron chi connectivity index (χ2n) is 7.17. The minimum Gasteiger partial charge on any atom is -0.484 e. The predicted molar refractivity (Wildman–Crippen MR) is 116 cm³/mol. The number of ether oxygens (including phenoxy) is 2. The van der Waals surface area contributed by atoms with E-state index in [-0.39, 0.29) is 12.5 Å². The van der Waals surface area contributed by atoms with Crippen LogP contribution < -0.4 is 19.7 Å². The Balaban J connectivity index is 1.22. The average molecular weight is 403 g/mol. The van der Waals surface area contributed by atoms with Gasteiger partial charge in [-0.05, 0) is 66.9 Å². The van der Waals surface area contributed by atoms with Crippen LogP contribution in [0.25, 0.3) is 0 Å². The van der Waals surface area contributed by atoms with Crippen molar-refractivity contribution in [1.29, 1.82) is 0 Å². The number of anilines is 1. The maximum atomic E-state index is 12.2. The average Bonchev–Trinajstić information content (AvgIpc) is 3.33. The summed E-state index contributed by atoms with van der Waals surface area (Å²) in [5, 5.41) is 2.90. The molecule has 1 amide bonds. The van der Waals surface area contributed by atoms with E-state index in [1.807, 2.05) is 54.6 Å². The lowest BCUT2D eigenvalue weighted by Gasteiger charge is -2.17. The van der Waals surface area contributed by atoms with Gasteiger partial charge in [-0.15, -0.1) is 0 Å². The van der Waals surface area contributed by atoms with E-state index < -0.39 is 0 Å². The largest absolute Gasteiger partial charge is 0.484 e. The molecule has 1 fully saturated rings. The van der Waals surface area contributed by atoms with Crippen molar-refractivity contribution in [2.24, 2.45) is 0 Å². The molecule has 0 bridgehead atoms. The van der Waals surface area contributed by atoms with Gasteiger partial charge in [0.15, 0.2) is 6.61 Å². The molecule has 2 aromatic carbocycles. The van der Waals surface area contributed by atoms with E-state index >= 15 is 0 Å². The highest BCUT2D eigenvalue weighted by atomic mass is 16.5. The molecule has 1 saturated heterocycles. The first-order chi connectivity index (χ1) is 14.8. The minimum absolute atomic E-state index is 0.0387. The Labute approximate surface area is 176 Å². The third-order valence-corrected chi connectivity index (χ3v) is 4.90. The molecule has 30 heavy (non-hydrogen) atoms. The number of amides is 1. The standard InChI is InChI=1S/C24H25N3O3/c28-24(26-17-19-12-13-25-23(16-19)27-14-4-5-15-27)18-29-20-8-10-22(11-9-20)30-21-6-2-1-3-7-21/h1-3,6-13,16H,4-5,14-15,17-18H2,(H,26,28). The van der Waals surface area contributed by atoms with Crippen LogP contribution in [0.4, 0.5) is 5.82 Å². The van der Waals surface area contributed by atoms with Gasteiger partial charge in [-0.1, -0.05) is 18.2 Å². The lowest BCUT2D eigenvalue weighted by Crippen LogP contribution is -2.28. The fraction of sp³-hybridized carbons (Fsp3) is 0.250. The summed E-state index contributed by atoms with van der Waals surface area (Å²) in [4.78, 5) is 18.9. The first-order valence-corrected chi connectivity index (χ1v) is 10.2. The first kappa shape index (κ1) is 19.8. The zero-order valence-electron chi connectivity index (χ0n) is 16.8. The van der Waals surface area contributed by atoms with E-state index in [2.05, 4.69) is 15.2 Å². The Bertz CT molecular complexity index is 955. The van der Waals surface area contributed by atoms with Crippen LogP contribution in [0.3, 0.4) is 0 Å². The van der Waals surface area contributed by atoms with Crippen molar-refractivity contribution >= 4 is 11.7 Å². The van der Waals surface area contributed by atoms with Gasteiger partial charge in [-0.25, -0.2) is 4.98 Å². The molecule has 1 N–H and O–H groups in total. The van der Waals surface area contributed by atoms with Gasteiger partial charge in [-0.3, -0.25) is 4.79 Å². The number of carbonyl (C=O) groups excluding carboxylic acids is 1. The van der Waals surface area contributed by atoms with Crippen molar-refractivity contribution in [2.75, 3.05) is 24.6 Å². The van der Waals surface area contributed by atoms with Gasteiger partial charge in [0, 0.05) is 25.8 Å². The number of hydrogen-bond donors (Lipinski definition) is 1. The molecule has 6 heteroatoms. The molecule has 0 radical (unpaired) electrons. The molecule has 154 valence electrons. The second kappa shape index (κ2) is 9.78. The highest BCUT2D eigenvalue weighted by Gasteiger charge is 2.13. The van der Waals surface area contributed by atoms with Crippen molar-refractivity contribution < 1.29 is 14.3 Å². The normalized spacial score (nSPS) is 13.1. The van der Waals surface area contributed by atoms with Gasteiger partial charge >= 0.3 is 0 Å². The molecular formula is C24H25N3O3. The predicted octanol–water partition coefficient (Wildman–Crippen LogP) is 4.17. The van der Waals surface area contributed by atoms with E-state index in [0.717, 1.165) is 30.2 Å². The lowest BCUT2D eigenvalue weighted by atomic mass is 10.2. The maximum absolute atomic E-state index is 12.2. The lowest BCUT2D eigenvalue weighted by molar-refractivity contribution is -0.123. The summed E-state index contributed by atoms with van der Waals surface area (Å²) in [5.41, 5.74) is 1.03. The molecule has 6 nitrogen and oxygen atoms in total. The summed E-state index contributed by atoms with van der Waals surface area (Å²) in [7, 11) is 0. The molecule has 1 aliphatic rings. The third-order valence-electron chi connectivity index (χ3n) is 4.90. The Morgan fingerprint density at radius 3 is 2.40 bits per heavy atom. The number of carbonyl (C=O) groups is 1.